The third-order valence-corrected chi connectivity index (χ3v) is 4.97. The van der Waals surface area contributed by atoms with Gasteiger partial charge in [0.1, 0.15) is 10.7 Å². The second-order valence-electron chi connectivity index (χ2n) is 5.90. The lowest BCUT2D eigenvalue weighted by molar-refractivity contribution is 0.0739. The SMILES string of the molecule is CCc1nnsc1C(=O)N1CCCC1c1ccnc(N(C)C)c1. The first-order valence-corrected chi connectivity index (χ1v) is 8.64. The molecule has 0 aliphatic carbocycles. The summed E-state index contributed by atoms with van der Waals surface area (Å²) in [6.45, 7) is 2.78. The van der Waals surface area contributed by atoms with Crippen LogP contribution in [-0.2, 0) is 6.42 Å². The molecule has 1 fully saturated rings. The third-order valence-electron chi connectivity index (χ3n) is 4.21. The molecule has 0 radical (unpaired) electrons. The fourth-order valence-electron chi connectivity index (χ4n) is 2.98. The first-order valence-electron chi connectivity index (χ1n) is 7.87. The number of rotatable bonds is 4. The Labute approximate surface area is 140 Å². The van der Waals surface area contributed by atoms with Gasteiger partial charge in [-0.1, -0.05) is 11.4 Å². The third kappa shape index (κ3) is 3.06. The molecule has 3 heterocycles. The smallest absolute Gasteiger partial charge is 0.268 e. The zero-order chi connectivity index (χ0) is 16.4. The van der Waals surface area contributed by atoms with Crippen LogP contribution in [0.5, 0.6) is 0 Å². The molecule has 0 saturated carbocycles. The molecule has 1 aliphatic heterocycles. The molecule has 2 aromatic heterocycles. The van der Waals surface area contributed by atoms with E-state index in [2.05, 4.69) is 20.6 Å². The van der Waals surface area contributed by atoms with Gasteiger partial charge in [-0.15, -0.1) is 5.10 Å². The van der Waals surface area contributed by atoms with Crippen LogP contribution in [-0.4, -0.2) is 46.0 Å². The highest BCUT2D eigenvalue weighted by atomic mass is 32.1. The topological polar surface area (TPSA) is 62.2 Å². The Hall–Kier alpha value is -2.02. The lowest BCUT2D eigenvalue weighted by Gasteiger charge is -2.25. The second kappa shape index (κ2) is 6.62. The van der Waals surface area contributed by atoms with Gasteiger partial charge in [-0.2, -0.15) is 0 Å². The molecule has 1 aliphatic rings. The van der Waals surface area contributed by atoms with Crippen molar-refractivity contribution in [1.82, 2.24) is 19.5 Å². The van der Waals surface area contributed by atoms with E-state index >= 15 is 0 Å². The molecule has 1 saturated heterocycles. The Balaban J connectivity index is 1.88. The second-order valence-corrected chi connectivity index (χ2v) is 6.65. The summed E-state index contributed by atoms with van der Waals surface area (Å²) < 4.78 is 3.95. The molecule has 3 rings (SSSR count). The number of amides is 1. The van der Waals surface area contributed by atoms with E-state index < -0.39 is 0 Å². The van der Waals surface area contributed by atoms with E-state index in [0.717, 1.165) is 42.9 Å². The van der Waals surface area contributed by atoms with E-state index in [9.17, 15) is 4.79 Å². The van der Waals surface area contributed by atoms with Crippen molar-refractivity contribution in [3.05, 3.63) is 34.5 Å². The fraction of sp³-hybridized carbons (Fsp3) is 0.500. The molecule has 122 valence electrons. The van der Waals surface area contributed by atoms with Gasteiger partial charge >= 0.3 is 0 Å². The number of pyridine rings is 1. The number of hydrogen-bond acceptors (Lipinski definition) is 6. The van der Waals surface area contributed by atoms with E-state index in [1.165, 1.54) is 11.5 Å². The summed E-state index contributed by atoms with van der Waals surface area (Å²) in [5.74, 6) is 0.970. The van der Waals surface area contributed by atoms with Crippen LogP contribution in [0.25, 0.3) is 0 Å². The summed E-state index contributed by atoms with van der Waals surface area (Å²) in [6.07, 6.45) is 4.55. The molecule has 6 nitrogen and oxygen atoms in total. The Morgan fingerprint density at radius 3 is 3.04 bits per heavy atom. The van der Waals surface area contributed by atoms with Crippen LogP contribution in [0, 0.1) is 0 Å². The number of carbonyl (C=O) groups excluding carboxylic acids is 1. The van der Waals surface area contributed by atoms with Crippen molar-refractivity contribution in [3.63, 3.8) is 0 Å². The minimum absolute atomic E-state index is 0.0579. The quantitative estimate of drug-likeness (QED) is 0.861. The number of aromatic nitrogens is 3. The summed E-state index contributed by atoms with van der Waals surface area (Å²) >= 11 is 1.20. The molecule has 23 heavy (non-hydrogen) atoms. The largest absolute Gasteiger partial charge is 0.363 e. The monoisotopic (exact) mass is 331 g/mol. The number of aryl methyl sites for hydroxylation is 1. The molecular formula is C16H21N5OS. The zero-order valence-electron chi connectivity index (χ0n) is 13.7. The van der Waals surface area contributed by atoms with Crippen molar-refractivity contribution in [2.75, 3.05) is 25.5 Å². The highest BCUT2D eigenvalue weighted by Crippen LogP contribution is 2.34. The van der Waals surface area contributed by atoms with Gasteiger partial charge in [0.05, 0.1) is 11.7 Å². The van der Waals surface area contributed by atoms with E-state index in [1.807, 2.05) is 43.1 Å². The van der Waals surface area contributed by atoms with Crippen LogP contribution in [0.15, 0.2) is 18.3 Å². The standard InChI is InChI=1S/C16H21N5OS/c1-4-12-15(23-19-18-12)16(22)21-9-5-6-13(21)11-7-8-17-14(10-11)20(2)3/h7-8,10,13H,4-6,9H2,1-3H3. The van der Waals surface area contributed by atoms with Crippen LogP contribution in [0.4, 0.5) is 5.82 Å². The van der Waals surface area contributed by atoms with Crippen LogP contribution >= 0.6 is 11.5 Å². The van der Waals surface area contributed by atoms with Crippen molar-refractivity contribution in [2.45, 2.75) is 32.2 Å². The van der Waals surface area contributed by atoms with Crippen LogP contribution in [0.2, 0.25) is 0 Å². The highest BCUT2D eigenvalue weighted by Gasteiger charge is 2.33. The van der Waals surface area contributed by atoms with E-state index in [1.54, 1.807) is 0 Å². The highest BCUT2D eigenvalue weighted by molar-refractivity contribution is 7.08. The molecule has 1 unspecified atom stereocenters. The summed E-state index contributed by atoms with van der Waals surface area (Å²) in [5.41, 5.74) is 1.94. The van der Waals surface area contributed by atoms with Gasteiger partial charge in [0, 0.05) is 26.8 Å². The number of hydrogen-bond donors (Lipinski definition) is 0. The maximum Gasteiger partial charge on any atom is 0.268 e. The van der Waals surface area contributed by atoms with Gasteiger partial charge in [0.25, 0.3) is 5.91 Å². The molecule has 1 atom stereocenters. The van der Waals surface area contributed by atoms with Crippen molar-refractivity contribution in [2.24, 2.45) is 0 Å². The van der Waals surface area contributed by atoms with Crippen molar-refractivity contribution in [3.8, 4) is 0 Å². The molecule has 0 spiro atoms. The molecule has 0 N–H and O–H groups in total. The Bertz CT molecular complexity index is 699. The maximum atomic E-state index is 12.9. The van der Waals surface area contributed by atoms with Crippen LogP contribution in [0.3, 0.4) is 0 Å². The minimum Gasteiger partial charge on any atom is -0.363 e. The lowest BCUT2D eigenvalue weighted by atomic mass is 10.1. The lowest BCUT2D eigenvalue weighted by Crippen LogP contribution is -2.30. The summed E-state index contributed by atoms with van der Waals surface area (Å²) in [5, 5.41) is 4.07. The number of nitrogens with zero attached hydrogens (tertiary/aromatic N) is 5. The zero-order valence-corrected chi connectivity index (χ0v) is 14.5. The average molecular weight is 331 g/mol. The van der Waals surface area contributed by atoms with Gasteiger partial charge in [-0.05, 0) is 48.5 Å². The van der Waals surface area contributed by atoms with Crippen molar-refractivity contribution >= 4 is 23.3 Å². The van der Waals surface area contributed by atoms with Crippen LogP contribution in [0.1, 0.15) is 46.7 Å². The van der Waals surface area contributed by atoms with E-state index in [0.29, 0.717) is 4.88 Å². The Morgan fingerprint density at radius 1 is 1.48 bits per heavy atom. The average Bonchev–Trinajstić information content (AvgIpc) is 3.23. The number of carbonyl (C=O) groups is 1. The van der Waals surface area contributed by atoms with Crippen LogP contribution < -0.4 is 4.90 Å². The molecule has 2 aromatic rings. The minimum atomic E-state index is 0.0579. The predicted octanol–water partition coefficient (Wildman–Crippen LogP) is 2.54. The van der Waals surface area contributed by atoms with Gasteiger partial charge in [-0.25, -0.2) is 4.98 Å². The van der Waals surface area contributed by atoms with Crippen molar-refractivity contribution in [1.29, 1.82) is 0 Å². The first-order chi connectivity index (χ1) is 11.1. The van der Waals surface area contributed by atoms with Gasteiger partial charge in [0.15, 0.2) is 0 Å². The Morgan fingerprint density at radius 2 is 2.30 bits per heavy atom. The number of anilines is 1. The maximum absolute atomic E-state index is 12.9. The van der Waals surface area contributed by atoms with Crippen molar-refractivity contribution < 1.29 is 4.79 Å². The first kappa shape index (κ1) is 15.9. The predicted molar refractivity (Wildman–Crippen MR) is 90.9 cm³/mol. The molecule has 1 amide bonds. The summed E-state index contributed by atoms with van der Waals surface area (Å²) in [4.78, 5) is 21.9. The van der Waals surface area contributed by atoms with Gasteiger partial charge in [0.2, 0.25) is 0 Å². The molecule has 7 heteroatoms. The molecule has 0 bridgehead atoms. The molecule has 0 aromatic carbocycles. The summed E-state index contributed by atoms with van der Waals surface area (Å²) in [6, 6.07) is 4.19. The summed E-state index contributed by atoms with van der Waals surface area (Å²) in [7, 11) is 3.94. The molecular weight excluding hydrogens is 310 g/mol. The van der Waals surface area contributed by atoms with Gasteiger partial charge in [-0.3, -0.25) is 4.79 Å². The Kier molecular flexibility index (Phi) is 4.56. The fourth-order valence-corrected chi connectivity index (χ4v) is 3.68. The normalized spacial score (nSPS) is 17.5. The van der Waals surface area contributed by atoms with E-state index in [4.69, 9.17) is 0 Å². The van der Waals surface area contributed by atoms with E-state index in [-0.39, 0.29) is 11.9 Å². The number of likely N-dealkylation sites (tertiary alicyclic amines) is 1. The van der Waals surface area contributed by atoms with Gasteiger partial charge < -0.3 is 9.80 Å².